The molecule has 1 amide bonds. The molecule has 1 aromatic rings. The molecular weight excluding hydrogens is 326 g/mol. The molecule has 0 spiro atoms. The molecule has 0 unspecified atom stereocenters. The van der Waals surface area contributed by atoms with Gasteiger partial charge in [-0.2, -0.15) is 0 Å². The Kier molecular flexibility index (Phi) is 5.11. The lowest BCUT2D eigenvalue weighted by Gasteiger charge is -2.29. The number of benzene rings is 1. The number of anilines is 1. The van der Waals surface area contributed by atoms with Crippen LogP contribution in [0, 0.1) is 0 Å². The van der Waals surface area contributed by atoms with Gasteiger partial charge in [0.2, 0.25) is 0 Å². The van der Waals surface area contributed by atoms with Gasteiger partial charge in [0.25, 0.3) is 5.91 Å². The number of likely N-dealkylation sites (N-methyl/N-ethyl adjacent to an activating group) is 1. The molecule has 0 radical (unpaired) electrons. The predicted molar refractivity (Wildman–Crippen MR) is 97.7 cm³/mol. The van der Waals surface area contributed by atoms with Gasteiger partial charge in [-0.3, -0.25) is 14.7 Å². The average Bonchev–Trinajstić information content (AvgIpc) is 2.90. The summed E-state index contributed by atoms with van der Waals surface area (Å²) in [6.45, 7) is 3.23. The van der Waals surface area contributed by atoms with Crippen LogP contribution in [0.15, 0.2) is 28.1 Å². The molecule has 0 N–H and O–H groups in total. The Morgan fingerprint density at radius 3 is 2.71 bits per heavy atom. The van der Waals surface area contributed by atoms with Crippen molar-refractivity contribution < 1.29 is 14.3 Å². The third kappa shape index (κ3) is 3.27. The molecule has 0 aromatic heterocycles. The van der Waals surface area contributed by atoms with E-state index in [2.05, 4.69) is 16.0 Å². The largest absolute Gasteiger partial charge is 0.496 e. The molecule has 0 atom stereocenters. The van der Waals surface area contributed by atoms with E-state index in [1.807, 2.05) is 18.2 Å². The molecule has 0 aliphatic carbocycles. The number of thioether (sulfide) groups is 1. The fourth-order valence-electron chi connectivity index (χ4n) is 2.73. The summed E-state index contributed by atoms with van der Waals surface area (Å²) in [4.78, 5) is 20.9. The number of morpholine rings is 1. The maximum Gasteiger partial charge on any atom is 0.266 e. The molecule has 2 saturated heterocycles. The summed E-state index contributed by atoms with van der Waals surface area (Å²) in [6, 6.07) is 6.06. The van der Waals surface area contributed by atoms with Crippen molar-refractivity contribution in [1.29, 1.82) is 0 Å². The summed E-state index contributed by atoms with van der Waals surface area (Å²) < 4.78 is 10.9. The fourth-order valence-corrected chi connectivity index (χ4v) is 3.65. The van der Waals surface area contributed by atoms with Crippen LogP contribution >= 0.6 is 11.8 Å². The zero-order valence-corrected chi connectivity index (χ0v) is 14.9. The van der Waals surface area contributed by atoms with E-state index >= 15 is 0 Å². The van der Waals surface area contributed by atoms with Crippen molar-refractivity contribution in [1.82, 2.24) is 4.90 Å². The molecular formula is C17H21N3O3S. The van der Waals surface area contributed by atoms with Crippen molar-refractivity contribution in [2.45, 2.75) is 0 Å². The van der Waals surface area contributed by atoms with Gasteiger partial charge in [0, 0.05) is 44.5 Å². The first-order valence-electron chi connectivity index (χ1n) is 7.79. The molecule has 1 aromatic carbocycles. The minimum Gasteiger partial charge on any atom is -0.496 e. The Morgan fingerprint density at radius 2 is 2.08 bits per heavy atom. The number of carbonyl (C=O) groups is 1. The van der Waals surface area contributed by atoms with Crippen LogP contribution in [0.25, 0.3) is 6.08 Å². The van der Waals surface area contributed by atoms with Gasteiger partial charge in [-0.25, -0.2) is 0 Å². The Balaban J connectivity index is 1.88. The minimum atomic E-state index is -0.0418. The van der Waals surface area contributed by atoms with E-state index in [-0.39, 0.29) is 5.91 Å². The van der Waals surface area contributed by atoms with E-state index in [0.717, 1.165) is 43.3 Å². The van der Waals surface area contributed by atoms with Gasteiger partial charge in [-0.05, 0) is 30.0 Å². The highest BCUT2D eigenvalue weighted by Crippen LogP contribution is 2.34. The first-order chi connectivity index (χ1) is 11.6. The number of ether oxygens (including phenoxy) is 2. The van der Waals surface area contributed by atoms with E-state index in [1.54, 1.807) is 26.1 Å². The fraction of sp³-hybridized carbons (Fsp3) is 0.412. The number of amides is 1. The first-order valence-corrected chi connectivity index (χ1v) is 8.61. The number of amidine groups is 1. The van der Waals surface area contributed by atoms with Crippen LogP contribution in [0.1, 0.15) is 5.56 Å². The van der Waals surface area contributed by atoms with Crippen molar-refractivity contribution in [3.63, 3.8) is 0 Å². The average molecular weight is 347 g/mol. The zero-order valence-electron chi connectivity index (χ0n) is 14.1. The number of rotatable bonds is 3. The highest BCUT2D eigenvalue weighted by Gasteiger charge is 2.30. The maximum absolute atomic E-state index is 12.3. The number of aliphatic imine (C=N–C) groups is 1. The van der Waals surface area contributed by atoms with E-state index in [0.29, 0.717) is 10.1 Å². The molecule has 2 heterocycles. The number of hydrogen-bond donors (Lipinski definition) is 0. The van der Waals surface area contributed by atoms with Gasteiger partial charge in [0.05, 0.1) is 25.2 Å². The van der Waals surface area contributed by atoms with Crippen molar-refractivity contribution in [2.24, 2.45) is 4.99 Å². The molecule has 128 valence electrons. The second-order valence-corrected chi connectivity index (χ2v) is 6.52. The molecule has 7 heteroatoms. The summed E-state index contributed by atoms with van der Waals surface area (Å²) in [5, 5.41) is 0.704. The molecule has 3 rings (SSSR count). The van der Waals surface area contributed by atoms with Gasteiger partial charge < -0.3 is 14.4 Å². The van der Waals surface area contributed by atoms with Crippen LogP contribution in [0.4, 0.5) is 5.69 Å². The van der Waals surface area contributed by atoms with Crippen LogP contribution in [0.5, 0.6) is 5.75 Å². The van der Waals surface area contributed by atoms with Gasteiger partial charge in [-0.1, -0.05) is 0 Å². The molecule has 2 aliphatic rings. The quantitative estimate of drug-likeness (QED) is 0.784. The third-order valence-electron chi connectivity index (χ3n) is 4.07. The van der Waals surface area contributed by atoms with Gasteiger partial charge in [0.15, 0.2) is 5.17 Å². The summed E-state index contributed by atoms with van der Waals surface area (Å²) in [6.07, 6.45) is 1.86. The Labute approximate surface area is 146 Å². The monoisotopic (exact) mass is 347 g/mol. The zero-order chi connectivity index (χ0) is 17.1. The van der Waals surface area contributed by atoms with Crippen molar-refractivity contribution in [3.8, 4) is 5.75 Å². The summed E-state index contributed by atoms with van der Waals surface area (Å²) in [5.74, 6) is 0.712. The minimum absolute atomic E-state index is 0.0418. The van der Waals surface area contributed by atoms with E-state index in [1.165, 1.54) is 11.8 Å². The van der Waals surface area contributed by atoms with Gasteiger partial charge in [0.1, 0.15) is 5.75 Å². The predicted octanol–water partition coefficient (Wildman–Crippen LogP) is 2.06. The molecule has 2 fully saturated rings. The van der Waals surface area contributed by atoms with Crippen LogP contribution in [0.3, 0.4) is 0 Å². The number of carbonyl (C=O) groups excluding carboxylic acids is 1. The number of nitrogens with zero attached hydrogens (tertiary/aromatic N) is 3. The molecule has 24 heavy (non-hydrogen) atoms. The summed E-state index contributed by atoms with van der Waals surface area (Å²) in [7, 11) is 5.07. The normalized spacial score (nSPS) is 21.9. The second kappa shape index (κ2) is 7.27. The van der Waals surface area contributed by atoms with Gasteiger partial charge in [-0.15, -0.1) is 0 Å². The van der Waals surface area contributed by atoms with Crippen LogP contribution < -0.4 is 9.64 Å². The van der Waals surface area contributed by atoms with Crippen molar-refractivity contribution >= 4 is 34.6 Å². The van der Waals surface area contributed by atoms with Crippen molar-refractivity contribution in [2.75, 3.05) is 52.4 Å². The van der Waals surface area contributed by atoms with Crippen LogP contribution in [-0.2, 0) is 9.53 Å². The van der Waals surface area contributed by atoms with Crippen molar-refractivity contribution in [3.05, 3.63) is 28.7 Å². The summed E-state index contributed by atoms with van der Waals surface area (Å²) in [5.41, 5.74) is 1.99. The lowest BCUT2D eigenvalue weighted by Crippen LogP contribution is -2.36. The molecule has 0 bridgehead atoms. The Morgan fingerprint density at radius 1 is 1.33 bits per heavy atom. The summed E-state index contributed by atoms with van der Waals surface area (Å²) >= 11 is 1.38. The first kappa shape index (κ1) is 16.9. The SMILES string of the molecule is CN=C1S/C(=C\c2ccc(N3CCOCC3)cc2OC)C(=O)N1C. The van der Waals surface area contributed by atoms with Crippen LogP contribution in [-0.4, -0.2) is 63.5 Å². The smallest absolute Gasteiger partial charge is 0.266 e. The second-order valence-electron chi connectivity index (χ2n) is 5.51. The van der Waals surface area contributed by atoms with E-state index < -0.39 is 0 Å². The topological polar surface area (TPSA) is 54.4 Å². The van der Waals surface area contributed by atoms with E-state index in [9.17, 15) is 4.79 Å². The van der Waals surface area contributed by atoms with Gasteiger partial charge >= 0.3 is 0 Å². The number of hydrogen-bond acceptors (Lipinski definition) is 6. The van der Waals surface area contributed by atoms with E-state index in [4.69, 9.17) is 9.47 Å². The van der Waals surface area contributed by atoms with Crippen LogP contribution in [0.2, 0.25) is 0 Å². The number of methoxy groups -OCH3 is 1. The molecule has 6 nitrogen and oxygen atoms in total. The highest BCUT2D eigenvalue weighted by atomic mass is 32.2. The Hall–Kier alpha value is -1.99. The lowest BCUT2D eigenvalue weighted by atomic mass is 10.1. The Bertz CT molecular complexity index is 696. The molecule has 2 aliphatic heterocycles. The third-order valence-corrected chi connectivity index (χ3v) is 5.23. The lowest BCUT2D eigenvalue weighted by molar-refractivity contribution is -0.121. The maximum atomic E-state index is 12.3. The standard InChI is InChI=1S/C17H21N3O3S/c1-18-17-19(2)16(21)15(24-17)10-12-4-5-13(11-14(12)22-3)20-6-8-23-9-7-20/h4-5,10-11H,6-9H2,1-3H3/b15-10-,18-17?. The highest BCUT2D eigenvalue weighted by molar-refractivity contribution is 8.18. The molecule has 0 saturated carbocycles.